The number of methoxy groups -OCH3 is 2. The lowest BCUT2D eigenvalue weighted by Gasteiger charge is -2.41. The van der Waals surface area contributed by atoms with Crippen LogP contribution in [0.5, 0.6) is 0 Å². The Bertz CT molecular complexity index is 844. The molecule has 0 radical (unpaired) electrons. The fourth-order valence-corrected chi connectivity index (χ4v) is 4.44. The van der Waals surface area contributed by atoms with Gasteiger partial charge in [0.15, 0.2) is 14.4 Å². The summed E-state index contributed by atoms with van der Waals surface area (Å²) in [6.45, 7) is 14.5. The number of hydrogen-bond acceptors (Lipinski definition) is 5. The van der Waals surface area contributed by atoms with E-state index in [2.05, 4.69) is 33.9 Å². The standard InChI is InChI=1S/C23H35F3N2O3Si/c1-14(2)17-20(29-6)28-18(21(27-17)30-7)19(31-32(8,9)22(3,4)5)15-10-12-16(13-11-15)23(24,25)26/h10-14,17-19H,1-9H3/t17?,18-,19+/m1/s1. The number of ether oxygens (including phenoxy) is 2. The van der Waals surface area contributed by atoms with Gasteiger partial charge in [-0.2, -0.15) is 13.2 Å². The van der Waals surface area contributed by atoms with Crippen LogP contribution in [0.3, 0.4) is 0 Å². The average molecular weight is 473 g/mol. The Morgan fingerprint density at radius 1 is 0.875 bits per heavy atom. The third-order valence-corrected chi connectivity index (χ3v) is 10.6. The molecule has 1 heterocycles. The van der Waals surface area contributed by atoms with Crippen molar-refractivity contribution in [2.45, 2.75) is 77.1 Å². The van der Waals surface area contributed by atoms with Gasteiger partial charge >= 0.3 is 6.18 Å². The molecule has 0 fully saturated rings. The first-order valence-corrected chi connectivity index (χ1v) is 13.6. The number of alkyl halides is 3. The summed E-state index contributed by atoms with van der Waals surface area (Å²) in [7, 11) is 0.721. The molecule has 32 heavy (non-hydrogen) atoms. The van der Waals surface area contributed by atoms with Gasteiger partial charge in [0.2, 0.25) is 11.8 Å². The van der Waals surface area contributed by atoms with Crippen LogP contribution in [0.25, 0.3) is 0 Å². The first-order chi connectivity index (χ1) is 14.6. The molecule has 3 atom stereocenters. The summed E-state index contributed by atoms with van der Waals surface area (Å²) in [5.74, 6) is 0.972. The van der Waals surface area contributed by atoms with Crippen molar-refractivity contribution in [1.82, 2.24) is 0 Å². The first kappa shape index (κ1) is 26.4. The Balaban J connectivity index is 2.60. The van der Waals surface area contributed by atoms with E-state index < -0.39 is 32.2 Å². The Morgan fingerprint density at radius 3 is 1.75 bits per heavy atom. The van der Waals surface area contributed by atoms with Gasteiger partial charge in [-0.25, -0.2) is 9.98 Å². The van der Waals surface area contributed by atoms with Crippen LogP contribution in [0.4, 0.5) is 13.2 Å². The van der Waals surface area contributed by atoms with Crippen molar-refractivity contribution < 1.29 is 27.1 Å². The van der Waals surface area contributed by atoms with E-state index in [-0.39, 0.29) is 17.0 Å². The molecule has 0 aromatic heterocycles. The summed E-state index contributed by atoms with van der Waals surface area (Å²) in [6.07, 6.45) is -5.08. The molecule has 0 aliphatic carbocycles. The molecule has 180 valence electrons. The summed E-state index contributed by atoms with van der Waals surface area (Å²) in [5.41, 5.74) is -0.127. The zero-order chi connectivity index (χ0) is 24.5. The smallest absolute Gasteiger partial charge is 0.416 e. The molecule has 0 N–H and O–H groups in total. The van der Waals surface area contributed by atoms with Crippen LogP contribution >= 0.6 is 0 Å². The van der Waals surface area contributed by atoms with Gasteiger partial charge in [-0.3, -0.25) is 0 Å². The third kappa shape index (κ3) is 5.73. The van der Waals surface area contributed by atoms with Crippen molar-refractivity contribution in [1.29, 1.82) is 0 Å². The van der Waals surface area contributed by atoms with Gasteiger partial charge in [-0.15, -0.1) is 0 Å². The van der Waals surface area contributed by atoms with E-state index in [4.69, 9.17) is 23.9 Å². The second kappa shape index (κ2) is 9.55. The minimum absolute atomic E-state index is 0.121. The van der Waals surface area contributed by atoms with Crippen molar-refractivity contribution in [2.24, 2.45) is 15.9 Å². The number of nitrogens with zero attached hydrogens (tertiary/aromatic N) is 2. The predicted molar refractivity (Wildman–Crippen MR) is 124 cm³/mol. The average Bonchev–Trinajstić information content (AvgIpc) is 2.69. The number of hydrogen-bond donors (Lipinski definition) is 0. The maximum atomic E-state index is 13.1. The molecular formula is C23H35F3N2O3Si. The van der Waals surface area contributed by atoms with Gasteiger partial charge in [0.25, 0.3) is 0 Å². The lowest BCUT2D eigenvalue weighted by Crippen LogP contribution is -2.47. The van der Waals surface area contributed by atoms with Gasteiger partial charge in [0, 0.05) is 0 Å². The Labute approximate surface area is 190 Å². The molecule has 9 heteroatoms. The molecule has 5 nitrogen and oxygen atoms in total. The van der Waals surface area contributed by atoms with E-state index >= 15 is 0 Å². The van der Waals surface area contributed by atoms with Crippen LogP contribution in [-0.2, 0) is 20.1 Å². The van der Waals surface area contributed by atoms with Crippen LogP contribution in [0.1, 0.15) is 51.8 Å². The van der Waals surface area contributed by atoms with Crippen molar-refractivity contribution in [3.8, 4) is 0 Å². The number of benzene rings is 1. The minimum Gasteiger partial charge on any atom is -0.483 e. The molecule has 0 saturated heterocycles. The highest BCUT2D eigenvalue weighted by Gasteiger charge is 2.44. The van der Waals surface area contributed by atoms with Crippen LogP contribution < -0.4 is 0 Å². The molecule has 1 unspecified atom stereocenters. The highest BCUT2D eigenvalue weighted by molar-refractivity contribution is 6.74. The Kier molecular flexibility index (Phi) is 7.87. The number of halogens is 3. The van der Waals surface area contributed by atoms with Crippen LogP contribution in [0, 0.1) is 5.92 Å². The zero-order valence-corrected chi connectivity index (χ0v) is 21.4. The molecule has 0 spiro atoms. The van der Waals surface area contributed by atoms with Crippen molar-refractivity contribution in [2.75, 3.05) is 14.2 Å². The molecule has 1 aliphatic heterocycles. The number of aliphatic imine (C=N–C) groups is 2. The monoisotopic (exact) mass is 472 g/mol. The van der Waals surface area contributed by atoms with Gasteiger partial charge in [-0.05, 0) is 41.7 Å². The first-order valence-electron chi connectivity index (χ1n) is 10.7. The largest absolute Gasteiger partial charge is 0.483 e. The maximum Gasteiger partial charge on any atom is 0.416 e. The molecule has 1 aromatic rings. The summed E-state index contributed by atoms with van der Waals surface area (Å²) in [5, 5.41) is -0.121. The predicted octanol–water partition coefficient (Wildman–Crippen LogP) is 6.26. The van der Waals surface area contributed by atoms with Gasteiger partial charge in [-0.1, -0.05) is 46.8 Å². The quantitative estimate of drug-likeness (QED) is 0.475. The van der Waals surface area contributed by atoms with E-state index in [1.165, 1.54) is 19.2 Å². The maximum absolute atomic E-state index is 13.1. The van der Waals surface area contributed by atoms with Crippen molar-refractivity contribution >= 4 is 20.1 Å². The normalized spacial score (nSPS) is 21.2. The molecule has 0 saturated carbocycles. The Morgan fingerprint density at radius 2 is 1.34 bits per heavy atom. The SMILES string of the molecule is COC1=N[C@H]([C@@H](O[Si](C)(C)C(C)(C)C)c2ccc(C(F)(F)F)cc2)C(OC)=NC1C(C)C. The van der Waals surface area contributed by atoms with E-state index in [0.717, 1.165) is 12.1 Å². The highest BCUT2D eigenvalue weighted by Crippen LogP contribution is 2.42. The Hall–Kier alpha value is -1.87. The summed E-state index contributed by atoms with van der Waals surface area (Å²) in [4.78, 5) is 9.51. The zero-order valence-electron chi connectivity index (χ0n) is 20.4. The van der Waals surface area contributed by atoms with E-state index in [9.17, 15) is 13.2 Å². The van der Waals surface area contributed by atoms with Gasteiger partial charge < -0.3 is 13.9 Å². The second-order valence-electron chi connectivity index (χ2n) is 9.90. The minimum atomic E-state index is -4.41. The van der Waals surface area contributed by atoms with Gasteiger partial charge in [0.05, 0.1) is 19.8 Å². The lowest BCUT2D eigenvalue weighted by atomic mass is 9.97. The van der Waals surface area contributed by atoms with Crippen molar-refractivity contribution in [3.63, 3.8) is 0 Å². The van der Waals surface area contributed by atoms with E-state index in [1.54, 1.807) is 7.11 Å². The molecule has 2 rings (SSSR count). The van der Waals surface area contributed by atoms with Crippen LogP contribution in [-0.4, -0.2) is 46.4 Å². The summed E-state index contributed by atoms with van der Waals surface area (Å²) < 4.78 is 57.2. The van der Waals surface area contributed by atoms with Crippen molar-refractivity contribution in [3.05, 3.63) is 35.4 Å². The summed E-state index contributed by atoms with van der Waals surface area (Å²) in [6, 6.07) is 4.07. The van der Waals surface area contributed by atoms with Gasteiger partial charge in [0.1, 0.15) is 12.1 Å². The van der Waals surface area contributed by atoms with Crippen LogP contribution in [0.2, 0.25) is 18.1 Å². The second-order valence-corrected chi connectivity index (χ2v) is 14.7. The molecule has 1 aliphatic rings. The number of rotatable bonds is 5. The van der Waals surface area contributed by atoms with E-state index in [0.29, 0.717) is 17.4 Å². The van der Waals surface area contributed by atoms with Crippen LogP contribution in [0.15, 0.2) is 34.3 Å². The molecule has 1 aromatic carbocycles. The lowest BCUT2D eigenvalue weighted by molar-refractivity contribution is -0.137. The molecular weight excluding hydrogens is 437 g/mol. The van der Waals surface area contributed by atoms with E-state index in [1.807, 2.05) is 13.8 Å². The molecule has 0 amide bonds. The fraction of sp³-hybridized carbons (Fsp3) is 0.652. The summed E-state index contributed by atoms with van der Waals surface area (Å²) >= 11 is 0. The highest BCUT2D eigenvalue weighted by atomic mass is 28.4. The topological polar surface area (TPSA) is 52.4 Å². The fourth-order valence-electron chi connectivity index (χ4n) is 3.19. The molecule has 0 bridgehead atoms. The third-order valence-electron chi connectivity index (χ3n) is 6.17.